The monoisotopic (exact) mass is 193 g/mol. The van der Waals surface area contributed by atoms with Crippen molar-refractivity contribution in [3.63, 3.8) is 0 Å². The fourth-order valence-electron chi connectivity index (χ4n) is 2.03. The molecule has 3 N–H and O–H groups in total. The van der Waals surface area contributed by atoms with Gasteiger partial charge in [-0.2, -0.15) is 0 Å². The van der Waals surface area contributed by atoms with Gasteiger partial charge >= 0.3 is 0 Å². The van der Waals surface area contributed by atoms with Crippen LogP contribution in [0.5, 0.6) is 0 Å². The van der Waals surface area contributed by atoms with Gasteiger partial charge < -0.3 is 15.6 Å². The van der Waals surface area contributed by atoms with Gasteiger partial charge in [0.2, 0.25) is 0 Å². The summed E-state index contributed by atoms with van der Waals surface area (Å²) in [6.45, 7) is 0. The van der Waals surface area contributed by atoms with Gasteiger partial charge in [0.05, 0.1) is 12.2 Å². The first-order valence-corrected chi connectivity index (χ1v) is 4.79. The van der Waals surface area contributed by atoms with E-state index in [1.807, 2.05) is 18.2 Å². The van der Waals surface area contributed by atoms with E-state index in [1.165, 1.54) is 0 Å². The predicted octanol–water partition coefficient (Wildman–Crippen LogP) is 0.743. The van der Waals surface area contributed by atoms with E-state index in [1.54, 1.807) is 7.11 Å². The molecule has 0 spiro atoms. The maximum Gasteiger partial charge on any atom is 0.0874 e. The number of ether oxygens (including phenoxy) is 1. The highest BCUT2D eigenvalue weighted by Gasteiger charge is 2.27. The lowest BCUT2D eigenvalue weighted by Gasteiger charge is -2.29. The van der Waals surface area contributed by atoms with Crippen LogP contribution in [0.2, 0.25) is 0 Å². The lowest BCUT2D eigenvalue weighted by Crippen LogP contribution is -2.36. The number of methoxy groups -OCH3 is 1. The zero-order valence-corrected chi connectivity index (χ0v) is 8.23. The molecule has 3 nitrogen and oxygen atoms in total. The van der Waals surface area contributed by atoms with E-state index in [2.05, 4.69) is 0 Å². The summed E-state index contributed by atoms with van der Waals surface area (Å²) in [6.07, 6.45) is 0.819. The predicted molar refractivity (Wildman–Crippen MR) is 55.1 cm³/mol. The summed E-state index contributed by atoms with van der Waals surface area (Å²) in [7, 11) is 1.62. The summed E-state index contributed by atoms with van der Waals surface area (Å²) >= 11 is 0. The van der Waals surface area contributed by atoms with E-state index in [0.717, 1.165) is 16.8 Å². The molecule has 2 atom stereocenters. The van der Waals surface area contributed by atoms with E-state index in [4.69, 9.17) is 10.5 Å². The molecule has 0 fully saturated rings. The van der Waals surface area contributed by atoms with Crippen molar-refractivity contribution >= 4 is 5.69 Å². The van der Waals surface area contributed by atoms with Gasteiger partial charge in [-0.3, -0.25) is 0 Å². The van der Waals surface area contributed by atoms with Gasteiger partial charge in [-0.1, -0.05) is 12.1 Å². The number of hydrogen-bond acceptors (Lipinski definition) is 3. The largest absolute Gasteiger partial charge is 0.398 e. The first-order valence-electron chi connectivity index (χ1n) is 4.79. The summed E-state index contributed by atoms with van der Waals surface area (Å²) in [5.74, 6) is 0. The number of aliphatic hydroxyl groups is 1. The molecule has 1 aromatic carbocycles. The third-order valence-electron chi connectivity index (χ3n) is 2.88. The average Bonchev–Trinajstić information content (AvgIpc) is 2.17. The Kier molecular flexibility index (Phi) is 2.44. The highest BCUT2D eigenvalue weighted by Crippen LogP contribution is 2.27. The SMILES string of the molecule is CO[C@H]1Cc2c(N)cccc2C[C@@H]1O. The molecule has 1 aromatic rings. The average molecular weight is 193 g/mol. The Hall–Kier alpha value is -1.06. The Morgan fingerprint density at radius 1 is 1.43 bits per heavy atom. The molecule has 0 unspecified atom stereocenters. The summed E-state index contributed by atoms with van der Waals surface area (Å²) in [4.78, 5) is 0. The first kappa shape index (κ1) is 9.49. The van der Waals surface area contributed by atoms with Crippen LogP contribution in [0.3, 0.4) is 0 Å². The smallest absolute Gasteiger partial charge is 0.0874 e. The Balaban J connectivity index is 2.36. The van der Waals surface area contributed by atoms with Gasteiger partial charge in [0, 0.05) is 25.6 Å². The highest BCUT2D eigenvalue weighted by molar-refractivity contribution is 5.52. The third-order valence-corrected chi connectivity index (χ3v) is 2.88. The fourth-order valence-corrected chi connectivity index (χ4v) is 2.03. The van der Waals surface area contributed by atoms with Crippen molar-refractivity contribution in [2.24, 2.45) is 0 Å². The Morgan fingerprint density at radius 2 is 2.21 bits per heavy atom. The lowest BCUT2D eigenvalue weighted by atomic mass is 9.87. The van der Waals surface area contributed by atoms with Crippen molar-refractivity contribution in [1.29, 1.82) is 0 Å². The van der Waals surface area contributed by atoms with Gasteiger partial charge in [-0.15, -0.1) is 0 Å². The van der Waals surface area contributed by atoms with Crippen molar-refractivity contribution in [1.82, 2.24) is 0 Å². The minimum absolute atomic E-state index is 0.118. The van der Waals surface area contributed by atoms with Crippen LogP contribution < -0.4 is 5.73 Å². The second kappa shape index (κ2) is 3.59. The number of anilines is 1. The van der Waals surface area contributed by atoms with Crippen molar-refractivity contribution in [2.75, 3.05) is 12.8 Å². The Morgan fingerprint density at radius 3 is 2.93 bits per heavy atom. The molecule has 1 aliphatic rings. The van der Waals surface area contributed by atoms with E-state index < -0.39 is 6.10 Å². The molecule has 1 aliphatic carbocycles. The molecule has 0 saturated carbocycles. The minimum Gasteiger partial charge on any atom is -0.398 e. The van der Waals surface area contributed by atoms with Crippen LogP contribution in [-0.2, 0) is 17.6 Å². The van der Waals surface area contributed by atoms with E-state index in [-0.39, 0.29) is 6.10 Å². The molecular formula is C11H15NO2. The van der Waals surface area contributed by atoms with Crippen LogP contribution in [0.4, 0.5) is 5.69 Å². The van der Waals surface area contributed by atoms with Crippen molar-refractivity contribution in [3.8, 4) is 0 Å². The summed E-state index contributed by atoms with van der Waals surface area (Å²) in [5.41, 5.74) is 8.94. The molecule has 2 rings (SSSR count). The van der Waals surface area contributed by atoms with Gasteiger partial charge in [-0.25, -0.2) is 0 Å². The molecule has 0 radical (unpaired) electrons. The van der Waals surface area contributed by atoms with Crippen LogP contribution in [0, 0.1) is 0 Å². The van der Waals surface area contributed by atoms with Gasteiger partial charge in [0.1, 0.15) is 0 Å². The highest BCUT2D eigenvalue weighted by atomic mass is 16.5. The number of aliphatic hydroxyl groups excluding tert-OH is 1. The van der Waals surface area contributed by atoms with Gasteiger partial charge in [-0.05, 0) is 17.2 Å². The number of hydrogen-bond donors (Lipinski definition) is 2. The molecule has 0 saturated heterocycles. The number of nitrogen functional groups attached to an aromatic ring is 1. The topological polar surface area (TPSA) is 55.5 Å². The zero-order valence-electron chi connectivity index (χ0n) is 8.23. The number of benzene rings is 1. The standard InChI is InChI=1S/C11H15NO2/c1-14-11-6-8-7(5-10(11)13)3-2-4-9(8)12/h2-4,10-11,13H,5-6,12H2,1H3/t10-,11-/m0/s1. The Labute approximate surface area is 83.5 Å². The zero-order chi connectivity index (χ0) is 10.1. The normalized spacial score (nSPS) is 25.9. The van der Waals surface area contributed by atoms with Gasteiger partial charge in [0.25, 0.3) is 0 Å². The quantitative estimate of drug-likeness (QED) is 0.647. The molecule has 0 heterocycles. The maximum absolute atomic E-state index is 9.74. The molecule has 76 valence electrons. The van der Waals surface area contributed by atoms with Crippen LogP contribution in [0.15, 0.2) is 18.2 Å². The molecule has 0 amide bonds. The molecule has 0 aliphatic heterocycles. The number of rotatable bonds is 1. The van der Waals surface area contributed by atoms with E-state index >= 15 is 0 Å². The van der Waals surface area contributed by atoms with Crippen LogP contribution >= 0.6 is 0 Å². The third kappa shape index (κ3) is 1.49. The lowest BCUT2D eigenvalue weighted by molar-refractivity contribution is -0.0160. The van der Waals surface area contributed by atoms with Crippen LogP contribution in [0.25, 0.3) is 0 Å². The maximum atomic E-state index is 9.74. The fraction of sp³-hybridized carbons (Fsp3) is 0.455. The minimum atomic E-state index is -0.408. The van der Waals surface area contributed by atoms with E-state index in [0.29, 0.717) is 12.8 Å². The second-order valence-corrected chi connectivity index (χ2v) is 3.73. The number of fused-ring (bicyclic) bond motifs is 1. The van der Waals surface area contributed by atoms with Gasteiger partial charge in [0.15, 0.2) is 0 Å². The second-order valence-electron chi connectivity index (χ2n) is 3.73. The summed E-state index contributed by atoms with van der Waals surface area (Å²) in [6, 6.07) is 5.83. The summed E-state index contributed by atoms with van der Waals surface area (Å²) < 4.78 is 5.21. The molecule has 0 aromatic heterocycles. The molecular weight excluding hydrogens is 178 g/mol. The van der Waals surface area contributed by atoms with Crippen LogP contribution in [-0.4, -0.2) is 24.4 Å². The molecule has 0 bridgehead atoms. The molecule has 14 heavy (non-hydrogen) atoms. The van der Waals surface area contributed by atoms with Crippen molar-refractivity contribution < 1.29 is 9.84 Å². The molecule has 3 heteroatoms. The first-order chi connectivity index (χ1) is 6.72. The van der Waals surface area contributed by atoms with Crippen molar-refractivity contribution in [2.45, 2.75) is 25.0 Å². The van der Waals surface area contributed by atoms with E-state index in [9.17, 15) is 5.11 Å². The summed E-state index contributed by atoms with van der Waals surface area (Å²) in [5, 5.41) is 9.74. The number of nitrogens with two attached hydrogens (primary N) is 1. The van der Waals surface area contributed by atoms with Crippen LogP contribution in [0.1, 0.15) is 11.1 Å². The van der Waals surface area contributed by atoms with Crippen molar-refractivity contribution in [3.05, 3.63) is 29.3 Å². The Bertz CT molecular complexity index is 338.